The molecule has 1 heterocycles. The Balaban J connectivity index is 2.14. The number of rotatable bonds is 2. The molecule has 22 heavy (non-hydrogen) atoms. The Bertz CT molecular complexity index is 781. The molecule has 5 heteroatoms. The number of esters is 1. The predicted molar refractivity (Wildman–Crippen MR) is 76.7 cm³/mol. The van der Waals surface area contributed by atoms with Crippen molar-refractivity contribution in [2.45, 2.75) is 0 Å². The third kappa shape index (κ3) is 2.45. The van der Waals surface area contributed by atoms with Crippen LogP contribution in [-0.4, -0.2) is 19.7 Å². The van der Waals surface area contributed by atoms with Gasteiger partial charge in [-0.2, -0.15) is 0 Å². The van der Waals surface area contributed by atoms with E-state index in [1.807, 2.05) is 0 Å². The van der Waals surface area contributed by atoms with E-state index in [9.17, 15) is 13.6 Å². The summed E-state index contributed by atoms with van der Waals surface area (Å²) >= 11 is 0. The lowest BCUT2D eigenvalue weighted by atomic mass is 9.93. The number of benzene rings is 2. The van der Waals surface area contributed by atoms with E-state index in [1.54, 1.807) is 24.3 Å². The lowest BCUT2D eigenvalue weighted by Gasteiger charge is -2.20. The summed E-state index contributed by atoms with van der Waals surface area (Å²) in [6, 6.07) is 7.99. The molecule has 2 aromatic rings. The van der Waals surface area contributed by atoms with Gasteiger partial charge in [0.15, 0.2) is 0 Å². The van der Waals surface area contributed by atoms with Gasteiger partial charge in [0.2, 0.25) is 0 Å². The van der Waals surface area contributed by atoms with E-state index in [1.165, 1.54) is 7.11 Å². The van der Waals surface area contributed by atoms with Crippen LogP contribution in [0.2, 0.25) is 0 Å². The highest BCUT2D eigenvalue weighted by atomic mass is 19.1. The van der Waals surface area contributed by atoms with Gasteiger partial charge in [-0.3, -0.25) is 0 Å². The number of halogens is 2. The number of hydrogen-bond acceptors (Lipinski definition) is 3. The van der Waals surface area contributed by atoms with Crippen molar-refractivity contribution in [2.24, 2.45) is 0 Å². The molecule has 0 amide bonds. The maximum Gasteiger partial charge on any atom is 0.337 e. The third-order valence-electron chi connectivity index (χ3n) is 3.44. The molecule has 112 valence electrons. The van der Waals surface area contributed by atoms with Crippen molar-refractivity contribution in [1.29, 1.82) is 0 Å². The van der Waals surface area contributed by atoms with Crippen molar-refractivity contribution < 1.29 is 23.0 Å². The summed E-state index contributed by atoms with van der Waals surface area (Å²) < 4.78 is 37.6. The zero-order chi connectivity index (χ0) is 15.7. The molecule has 0 N–H and O–H groups in total. The SMILES string of the molecule is COC(=O)c1ccc2c(c1)C(c1cc(F)ccc1F)=CCO2. The molecule has 0 bridgehead atoms. The lowest BCUT2D eigenvalue weighted by Crippen LogP contribution is -2.09. The van der Waals surface area contributed by atoms with Crippen molar-refractivity contribution in [2.75, 3.05) is 13.7 Å². The molecular weight excluding hydrogens is 290 g/mol. The summed E-state index contributed by atoms with van der Waals surface area (Å²) in [6.07, 6.45) is 1.65. The van der Waals surface area contributed by atoms with Crippen molar-refractivity contribution in [1.82, 2.24) is 0 Å². The molecule has 0 fully saturated rings. The van der Waals surface area contributed by atoms with E-state index in [2.05, 4.69) is 4.74 Å². The van der Waals surface area contributed by atoms with Gasteiger partial charge in [-0.1, -0.05) is 0 Å². The minimum atomic E-state index is -0.538. The van der Waals surface area contributed by atoms with Crippen LogP contribution in [0.4, 0.5) is 8.78 Å². The van der Waals surface area contributed by atoms with Gasteiger partial charge in [0.05, 0.1) is 12.7 Å². The molecule has 3 nitrogen and oxygen atoms in total. The molecule has 0 atom stereocenters. The van der Waals surface area contributed by atoms with Gasteiger partial charge in [-0.25, -0.2) is 13.6 Å². The number of ether oxygens (including phenoxy) is 2. The number of carbonyl (C=O) groups is 1. The van der Waals surface area contributed by atoms with Crippen molar-refractivity contribution >= 4 is 11.5 Å². The zero-order valence-electron chi connectivity index (χ0n) is 11.7. The molecule has 0 spiro atoms. The fourth-order valence-corrected chi connectivity index (χ4v) is 2.39. The summed E-state index contributed by atoms with van der Waals surface area (Å²) in [6.45, 7) is 0.246. The molecule has 0 saturated heterocycles. The molecule has 2 aromatic carbocycles. The van der Waals surface area contributed by atoms with Crippen LogP contribution in [0.3, 0.4) is 0 Å². The largest absolute Gasteiger partial charge is 0.489 e. The first kappa shape index (κ1) is 14.3. The van der Waals surface area contributed by atoms with E-state index in [-0.39, 0.29) is 12.2 Å². The van der Waals surface area contributed by atoms with Crippen molar-refractivity contribution in [3.05, 3.63) is 70.8 Å². The molecule has 0 saturated carbocycles. The minimum Gasteiger partial charge on any atom is -0.489 e. The lowest BCUT2D eigenvalue weighted by molar-refractivity contribution is 0.0600. The van der Waals surface area contributed by atoms with Gasteiger partial charge in [-0.15, -0.1) is 0 Å². The van der Waals surface area contributed by atoms with E-state index in [4.69, 9.17) is 4.74 Å². The highest BCUT2D eigenvalue weighted by molar-refractivity contribution is 5.93. The Labute approximate surface area is 125 Å². The first-order valence-corrected chi connectivity index (χ1v) is 6.61. The van der Waals surface area contributed by atoms with Crippen LogP contribution < -0.4 is 4.74 Å². The van der Waals surface area contributed by atoms with Crippen LogP contribution in [0.1, 0.15) is 21.5 Å². The summed E-state index contributed by atoms with van der Waals surface area (Å²) in [7, 11) is 1.28. The van der Waals surface area contributed by atoms with Gasteiger partial charge in [-0.05, 0) is 48.0 Å². The van der Waals surface area contributed by atoms with Crippen LogP contribution >= 0.6 is 0 Å². The predicted octanol–water partition coefficient (Wildman–Crippen LogP) is 3.58. The molecule has 1 aliphatic heterocycles. The molecule has 0 unspecified atom stereocenters. The summed E-state index contributed by atoms with van der Waals surface area (Å²) in [4.78, 5) is 11.6. The van der Waals surface area contributed by atoms with Crippen LogP contribution in [0.25, 0.3) is 5.57 Å². The maximum absolute atomic E-state index is 14.0. The van der Waals surface area contributed by atoms with Gasteiger partial charge in [0.1, 0.15) is 24.0 Å². The second-order valence-corrected chi connectivity index (χ2v) is 4.76. The second-order valence-electron chi connectivity index (χ2n) is 4.76. The van der Waals surface area contributed by atoms with Crippen LogP contribution in [0.5, 0.6) is 5.75 Å². The van der Waals surface area contributed by atoms with Crippen molar-refractivity contribution in [3.8, 4) is 5.75 Å². The Morgan fingerprint density at radius 1 is 1.14 bits per heavy atom. The second kappa shape index (κ2) is 5.60. The van der Waals surface area contributed by atoms with Crippen LogP contribution in [-0.2, 0) is 4.74 Å². The number of carbonyl (C=O) groups excluding carboxylic acids is 1. The molecule has 0 radical (unpaired) electrons. The van der Waals surface area contributed by atoms with E-state index in [0.29, 0.717) is 22.4 Å². The van der Waals surface area contributed by atoms with Gasteiger partial charge < -0.3 is 9.47 Å². The number of hydrogen-bond donors (Lipinski definition) is 0. The van der Waals surface area contributed by atoms with E-state index >= 15 is 0 Å². The normalized spacial score (nSPS) is 13.0. The standard InChI is InChI=1S/C17H12F2O3/c1-21-17(20)10-2-5-16-14(8-10)12(6-7-22-16)13-9-11(18)3-4-15(13)19/h2-6,8-9H,7H2,1H3. The highest BCUT2D eigenvalue weighted by Gasteiger charge is 2.20. The number of methoxy groups -OCH3 is 1. The topological polar surface area (TPSA) is 35.5 Å². The van der Waals surface area contributed by atoms with Gasteiger partial charge in [0.25, 0.3) is 0 Å². The van der Waals surface area contributed by atoms with Crippen molar-refractivity contribution in [3.63, 3.8) is 0 Å². The first-order chi connectivity index (χ1) is 10.6. The van der Waals surface area contributed by atoms with Gasteiger partial charge in [0, 0.05) is 11.1 Å². The van der Waals surface area contributed by atoms with Crippen LogP contribution in [0, 0.1) is 11.6 Å². The third-order valence-corrected chi connectivity index (χ3v) is 3.44. The van der Waals surface area contributed by atoms with Crippen LogP contribution in [0.15, 0.2) is 42.5 Å². The fraction of sp³-hybridized carbons (Fsp3) is 0.118. The van der Waals surface area contributed by atoms with Gasteiger partial charge >= 0.3 is 5.97 Å². The van der Waals surface area contributed by atoms with E-state index < -0.39 is 17.6 Å². The smallest absolute Gasteiger partial charge is 0.337 e. The molecule has 1 aliphatic rings. The molecule has 0 aromatic heterocycles. The molecule has 3 rings (SSSR count). The summed E-state index contributed by atoms with van der Waals surface area (Å²) in [5.74, 6) is -1.07. The van der Waals surface area contributed by atoms with E-state index in [0.717, 1.165) is 18.2 Å². The first-order valence-electron chi connectivity index (χ1n) is 6.61. The Morgan fingerprint density at radius 3 is 2.73 bits per heavy atom. The quantitative estimate of drug-likeness (QED) is 0.796. The highest BCUT2D eigenvalue weighted by Crippen LogP contribution is 2.36. The average molecular weight is 302 g/mol. The molecular formula is C17H12F2O3. The maximum atomic E-state index is 14.0. The number of fused-ring (bicyclic) bond motifs is 1. The summed E-state index contributed by atoms with van der Waals surface area (Å²) in [5.41, 5.74) is 1.46. The zero-order valence-corrected chi connectivity index (χ0v) is 11.7. The Morgan fingerprint density at radius 2 is 1.95 bits per heavy atom. The Hall–Kier alpha value is -2.69. The molecule has 0 aliphatic carbocycles. The Kier molecular flexibility index (Phi) is 3.63. The average Bonchev–Trinajstić information content (AvgIpc) is 2.55. The monoisotopic (exact) mass is 302 g/mol. The fourth-order valence-electron chi connectivity index (χ4n) is 2.39. The summed E-state index contributed by atoms with van der Waals surface area (Å²) in [5, 5.41) is 0. The minimum absolute atomic E-state index is 0.131.